The van der Waals surface area contributed by atoms with Crippen molar-refractivity contribution >= 4 is 17.8 Å². The molecule has 7 heteroatoms. The number of aryl methyl sites for hydroxylation is 1. The Morgan fingerprint density at radius 1 is 1.39 bits per heavy atom. The van der Waals surface area contributed by atoms with E-state index in [1.165, 1.54) is 6.42 Å². The van der Waals surface area contributed by atoms with Gasteiger partial charge in [0.05, 0.1) is 5.69 Å². The van der Waals surface area contributed by atoms with Crippen molar-refractivity contribution in [2.24, 2.45) is 11.8 Å². The first-order chi connectivity index (χ1) is 10.8. The van der Waals surface area contributed by atoms with Gasteiger partial charge in [-0.05, 0) is 32.1 Å². The Morgan fingerprint density at radius 3 is 2.70 bits per heavy atom. The fourth-order valence-electron chi connectivity index (χ4n) is 2.99. The molecule has 128 valence electrons. The number of aromatic nitrogens is 1. The molecule has 2 rings (SSSR count). The van der Waals surface area contributed by atoms with Gasteiger partial charge in [-0.3, -0.25) is 4.79 Å². The molecule has 1 fully saturated rings. The maximum Gasteiger partial charge on any atom is 0.346 e. The van der Waals surface area contributed by atoms with Crippen molar-refractivity contribution in [1.29, 1.82) is 0 Å². The number of carbonyl (C=O) groups is 2. The molecule has 1 aromatic rings. The minimum atomic E-state index is -0.902. The van der Waals surface area contributed by atoms with Gasteiger partial charge in [0, 0.05) is 6.04 Å². The molecule has 1 heterocycles. The third-order valence-electron chi connectivity index (χ3n) is 4.78. The molecular weight excluding hydrogens is 298 g/mol. The van der Waals surface area contributed by atoms with E-state index in [1.54, 1.807) is 13.8 Å². The van der Waals surface area contributed by atoms with E-state index in [1.807, 2.05) is 0 Å². The SMILES string of the molecule is Cc1noc(N)c1C(=O)O[C@@H](C)C(=O)N[C@@H]1CCC[C@H](C)[C@@H]1C. The Morgan fingerprint density at radius 2 is 2.09 bits per heavy atom. The third kappa shape index (κ3) is 3.83. The summed E-state index contributed by atoms with van der Waals surface area (Å²) in [5, 5.41) is 6.59. The van der Waals surface area contributed by atoms with Crippen LogP contribution in [0.25, 0.3) is 0 Å². The molecule has 0 unspecified atom stereocenters. The predicted molar refractivity (Wildman–Crippen MR) is 84.6 cm³/mol. The second kappa shape index (κ2) is 7.02. The number of anilines is 1. The van der Waals surface area contributed by atoms with Crippen LogP contribution in [-0.2, 0) is 9.53 Å². The first-order valence-electron chi connectivity index (χ1n) is 8.04. The molecule has 0 aliphatic heterocycles. The highest BCUT2D eigenvalue weighted by Gasteiger charge is 2.31. The molecule has 4 atom stereocenters. The molecule has 23 heavy (non-hydrogen) atoms. The molecule has 1 aromatic heterocycles. The highest BCUT2D eigenvalue weighted by molar-refractivity contribution is 5.96. The summed E-state index contributed by atoms with van der Waals surface area (Å²) in [4.78, 5) is 24.4. The smallest absolute Gasteiger partial charge is 0.346 e. The fraction of sp³-hybridized carbons (Fsp3) is 0.688. The molecule has 1 saturated carbocycles. The van der Waals surface area contributed by atoms with Gasteiger partial charge in [-0.15, -0.1) is 0 Å². The largest absolute Gasteiger partial charge is 0.449 e. The summed E-state index contributed by atoms with van der Waals surface area (Å²) in [7, 11) is 0. The number of rotatable bonds is 4. The van der Waals surface area contributed by atoms with Gasteiger partial charge in [0.25, 0.3) is 5.91 Å². The van der Waals surface area contributed by atoms with E-state index >= 15 is 0 Å². The molecule has 1 aliphatic rings. The number of hydrogen-bond donors (Lipinski definition) is 2. The van der Waals surface area contributed by atoms with E-state index in [0.717, 1.165) is 12.8 Å². The van der Waals surface area contributed by atoms with E-state index in [9.17, 15) is 9.59 Å². The highest BCUT2D eigenvalue weighted by atomic mass is 16.5. The molecule has 3 N–H and O–H groups in total. The summed E-state index contributed by atoms with van der Waals surface area (Å²) in [6.45, 7) is 7.48. The molecule has 0 aromatic carbocycles. The van der Waals surface area contributed by atoms with Crippen molar-refractivity contribution in [2.75, 3.05) is 5.73 Å². The van der Waals surface area contributed by atoms with Crippen LogP contribution in [-0.4, -0.2) is 29.2 Å². The lowest BCUT2D eigenvalue weighted by molar-refractivity contribution is -0.130. The Balaban J connectivity index is 1.94. The van der Waals surface area contributed by atoms with Gasteiger partial charge in [-0.2, -0.15) is 0 Å². The fourth-order valence-corrected chi connectivity index (χ4v) is 2.99. The number of nitrogens with two attached hydrogens (primary N) is 1. The second-order valence-corrected chi connectivity index (χ2v) is 6.44. The van der Waals surface area contributed by atoms with Crippen LogP contribution >= 0.6 is 0 Å². The van der Waals surface area contributed by atoms with Crippen LogP contribution in [0.15, 0.2) is 4.52 Å². The summed E-state index contributed by atoms with van der Waals surface area (Å²) in [5.74, 6) is -0.112. The molecule has 1 amide bonds. The summed E-state index contributed by atoms with van der Waals surface area (Å²) < 4.78 is 9.92. The number of hydrogen-bond acceptors (Lipinski definition) is 6. The van der Waals surface area contributed by atoms with Crippen molar-refractivity contribution in [3.8, 4) is 0 Å². The summed E-state index contributed by atoms with van der Waals surface area (Å²) in [5.41, 5.74) is 5.96. The van der Waals surface area contributed by atoms with Gasteiger partial charge in [0.2, 0.25) is 5.88 Å². The molecule has 0 bridgehead atoms. The van der Waals surface area contributed by atoms with Gasteiger partial charge >= 0.3 is 5.97 Å². The maximum atomic E-state index is 12.3. The number of nitrogen functional groups attached to an aromatic ring is 1. The minimum Gasteiger partial charge on any atom is -0.449 e. The summed E-state index contributed by atoms with van der Waals surface area (Å²) in [6, 6.07) is 0.120. The van der Waals surface area contributed by atoms with E-state index < -0.39 is 12.1 Å². The highest BCUT2D eigenvalue weighted by Crippen LogP contribution is 2.29. The van der Waals surface area contributed by atoms with Gasteiger partial charge in [0.15, 0.2) is 6.10 Å². The lowest BCUT2D eigenvalue weighted by atomic mass is 9.78. The predicted octanol–water partition coefficient (Wildman–Crippen LogP) is 2.05. The number of nitrogens with one attached hydrogen (secondary N) is 1. The van der Waals surface area contributed by atoms with Crippen molar-refractivity contribution in [3.63, 3.8) is 0 Å². The zero-order chi connectivity index (χ0) is 17.1. The van der Waals surface area contributed by atoms with Crippen LogP contribution in [0.4, 0.5) is 5.88 Å². The third-order valence-corrected chi connectivity index (χ3v) is 4.78. The number of ether oxygens (including phenoxy) is 1. The molecule has 1 aliphatic carbocycles. The van der Waals surface area contributed by atoms with Crippen molar-refractivity contribution in [1.82, 2.24) is 10.5 Å². The van der Waals surface area contributed by atoms with Gasteiger partial charge < -0.3 is 20.3 Å². The van der Waals surface area contributed by atoms with Crippen LogP contribution in [0.5, 0.6) is 0 Å². The van der Waals surface area contributed by atoms with Crippen LogP contribution in [0, 0.1) is 18.8 Å². The Bertz CT molecular complexity index is 564. The van der Waals surface area contributed by atoms with E-state index in [4.69, 9.17) is 15.0 Å². The molecule has 0 spiro atoms. The molecule has 7 nitrogen and oxygen atoms in total. The van der Waals surface area contributed by atoms with Crippen LogP contribution in [0.1, 0.15) is 56.1 Å². The average Bonchev–Trinajstić information content (AvgIpc) is 2.82. The molecule has 0 radical (unpaired) electrons. The maximum absolute atomic E-state index is 12.3. The quantitative estimate of drug-likeness (QED) is 0.821. The number of esters is 1. The number of amides is 1. The number of carbonyl (C=O) groups excluding carboxylic acids is 2. The average molecular weight is 323 g/mol. The lowest BCUT2D eigenvalue weighted by Gasteiger charge is -2.35. The summed E-state index contributed by atoms with van der Waals surface area (Å²) in [6.07, 6.45) is 2.33. The topological polar surface area (TPSA) is 107 Å². The Labute approximate surface area is 135 Å². The van der Waals surface area contributed by atoms with Gasteiger partial charge in [-0.25, -0.2) is 4.79 Å². The van der Waals surface area contributed by atoms with Crippen molar-refractivity contribution in [2.45, 2.75) is 59.1 Å². The van der Waals surface area contributed by atoms with Gasteiger partial charge in [0.1, 0.15) is 5.56 Å². The summed E-state index contributed by atoms with van der Waals surface area (Å²) >= 11 is 0. The minimum absolute atomic E-state index is 0.0734. The van der Waals surface area contributed by atoms with Crippen molar-refractivity contribution < 1.29 is 18.8 Å². The zero-order valence-corrected chi connectivity index (χ0v) is 14.1. The Kier molecular flexibility index (Phi) is 5.28. The standard InChI is InChI=1S/C16H25N3O4/c1-8-6-5-7-12(9(8)2)18-15(20)11(4)22-16(21)13-10(3)19-23-14(13)17/h8-9,11-12H,5-7,17H2,1-4H3,(H,18,20)/t8-,9-,11-,12+/m0/s1. The van der Waals surface area contributed by atoms with Gasteiger partial charge in [-0.1, -0.05) is 31.8 Å². The first-order valence-corrected chi connectivity index (χ1v) is 8.04. The monoisotopic (exact) mass is 323 g/mol. The van der Waals surface area contributed by atoms with E-state index in [0.29, 0.717) is 17.5 Å². The molecule has 0 saturated heterocycles. The number of nitrogens with zero attached hydrogens (tertiary/aromatic N) is 1. The normalized spacial score (nSPS) is 25.7. The van der Waals surface area contributed by atoms with Crippen LogP contribution in [0.2, 0.25) is 0 Å². The van der Waals surface area contributed by atoms with Crippen LogP contribution in [0.3, 0.4) is 0 Å². The second-order valence-electron chi connectivity index (χ2n) is 6.44. The first kappa shape index (κ1) is 17.3. The zero-order valence-electron chi connectivity index (χ0n) is 14.1. The van der Waals surface area contributed by atoms with E-state index in [-0.39, 0.29) is 23.4 Å². The van der Waals surface area contributed by atoms with E-state index in [2.05, 4.69) is 24.3 Å². The lowest BCUT2D eigenvalue weighted by Crippen LogP contribution is -2.47. The van der Waals surface area contributed by atoms with Crippen LogP contribution < -0.4 is 11.1 Å². The van der Waals surface area contributed by atoms with Crippen molar-refractivity contribution in [3.05, 3.63) is 11.3 Å². The Hall–Kier alpha value is -2.05. The molecular formula is C16H25N3O4.